The standard InChI is InChI=1S/C17H20N4O3S/c1-18-25(23,24)12-7-5-10(6-8-12)13-9-14(22)19-17-15(13)16(20-21-17)11-3-2-4-11/h5-8,11,13,18H,2-4,9H2,1H3,(H2,19,20,21,22)/t13-/m0/s1. The van der Waals surface area contributed by atoms with Crippen molar-refractivity contribution in [3.63, 3.8) is 0 Å². The number of anilines is 1. The molecule has 0 unspecified atom stereocenters. The molecular formula is C17H20N4O3S. The van der Waals surface area contributed by atoms with Crippen molar-refractivity contribution in [2.45, 2.75) is 42.4 Å². The van der Waals surface area contributed by atoms with Gasteiger partial charge in [-0.3, -0.25) is 9.89 Å². The van der Waals surface area contributed by atoms with Crippen molar-refractivity contribution in [2.24, 2.45) is 0 Å². The van der Waals surface area contributed by atoms with Crippen LogP contribution in [0.15, 0.2) is 29.2 Å². The molecule has 0 radical (unpaired) electrons. The second-order valence-corrected chi connectivity index (χ2v) is 8.50. The lowest BCUT2D eigenvalue weighted by Gasteiger charge is -2.29. The van der Waals surface area contributed by atoms with Crippen LogP contribution in [0.2, 0.25) is 0 Å². The van der Waals surface area contributed by atoms with Crippen molar-refractivity contribution in [3.8, 4) is 0 Å². The quantitative estimate of drug-likeness (QED) is 0.776. The molecule has 1 saturated carbocycles. The van der Waals surface area contributed by atoms with Gasteiger partial charge in [0.2, 0.25) is 15.9 Å². The Bertz CT molecular complexity index is 914. The van der Waals surface area contributed by atoms with E-state index in [1.165, 1.54) is 13.5 Å². The zero-order valence-electron chi connectivity index (χ0n) is 13.9. The molecule has 1 aliphatic carbocycles. The first-order chi connectivity index (χ1) is 12.0. The molecule has 4 rings (SSSR count). The summed E-state index contributed by atoms with van der Waals surface area (Å²) in [5.74, 6) is 0.897. The molecular weight excluding hydrogens is 340 g/mol. The molecule has 2 aromatic rings. The van der Waals surface area contributed by atoms with E-state index in [0.717, 1.165) is 29.7 Å². The summed E-state index contributed by atoms with van der Waals surface area (Å²) >= 11 is 0. The molecule has 0 bridgehead atoms. The Kier molecular flexibility index (Phi) is 3.88. The van der Waals surface area contributed by atoms with Crippen molar-refractivity contribution in [2.75, 3.05) is 12.4 Å². The highest BCUT2D eigenvalue weighted by atomic mass is 32.2. The third-order valence-electron chi connectivity index (χ3n) is 5.20. The highest BCUT2D eigenvalue weighted by molar-refractivity contribution is 7.89. The molecule has 1 fully saturated rings. The molecule has 132 valence electrons. The van der Waals surface area contributed by atoms with Gasteiger partial charge in [0.05, 0.1) is 4.90 Å². The predicted molar refractivity (Wildman–Crippen MR) is 93.0 cm³/mol. The lowest BCUT2D eigenvalue weighted by molar-refractivity contribution is -0.116. The number of carbonyl (C=O) groups excluding carboxylic acids is 1. The average molecular weight is 360 g/mol. The fraction of sp³-hybridized carbons (Fsp3) is 0.412. The van der Waals surface area contributed by atoms with Crippen LogP contribution in [0.4, 0.5) is 5.82 Å². The normalized spacial score (nSPS) is 20.7. The van der Waals surface area contributed by atoms with Gasteiger partial charge < -0.3 is 5.32 Å². The summed E-state index contributed by atoms with van der Waals surface area (Å²) in [6, 6.07) is 6.73. The Morgan fingerprint density at radius 1 is 1.20 bits per heavy atom. The highest BCUT2D eigenvalue weighted by Crippen LogP contribution is 2.45. The van der Waals surface area contributed by atoms with Gasteiger partial charge in [-0.25, -0.2) is 13.1 Å². The summed E-state index contributed by atoms with van der Waals surface area (Å²) in [5, 5.41) is 10.2. The fourth-order valence-corrected chi connectivity index (χ4v) is 4.30. The minimum absolute atomic E-state index is 0.0731. The number of amides is 1. The van der Waals surface area contributed by atoms with Crippen LogP contribution >= 0.6 is 0 Å². The van der Waals surface area contributed by atoms with Gasteiger partial charge in [-0.15, -0.1) is 0 Å². The number of benzene rings is 1. The Morgan fingerprint density at radius 3 is 2.52 bits per heavy atom. The van der Waals surface area contributed by atoms with E-state index in [1.807, 2.05) is 0 Å². The molecule has 1 aromatic carbocycles. The molecule has 1 aliphatic heterocycles. The first-order valence-electron chi connectivity index (χ1n) is 8.41. The van der Waals surface area contributed by atoms with E-state index in [1.54, 1.807) is 24.3 Å². The highest BCUT2D eigenvalue weighted by Gasteiger charge is 2.35. The van der Waals surface area contributed by atoms with Gasteiger partial charge in [-0.05, 0) is 37.6 Å². The molecule has 2 aliphatic rings. The van der Waals surface area contributed by atoms with E-state index in [-0.39, 0.29) is 16.7 Å². The molecule has 1 aromatic heterocycles. The maximum atomic E-state index is 12.1. The van der Waals surface area contributed by atoms with Gasteiger partial charge in [-0.2, -0.15) is 5.10 Å². The average Bonchev–Trinajstić information content (AvgIpc) is 2.96. The van der Waals surface area contributed by atoms with Gasteiger partial charge in [0.15, 0.2) is 5.82 Å². The number of sulfonamides is 1. The molecule has 0 spiro atoms. The fourth-order valence-electron chi connectivity index (χ4n) is 3.57. The summed E-state index contributed by atoms with van der Waals surface area (Å²) in [6.07, 6.45) is 3.82. The lowest BCUT2D eigenvalue weighted by atomic mass is 9.77. The third-order valence-corrected chi connectivity index (χ3v) is 6.63. The minimum atomic E-state index is -3.47. The largest absolute Gasteiger partial charge is 0.309 e. The summed E-state index contributed by atoms with van der Waals surface area (Å²) in [4.78, 5) is 12.3. The predicted octanol–water partition coefficient (Wildman–Crippen LogP) is 2.06. The SMILES string of the molecule is CNS(=O)(=O)c1ccc([C@@H]2CC(=O)Nc3n[nH]c(C4CCC4)c32)cc1. The summed E-state index contributed by atoms with van der Waals surface area (Å²) in [6.45, 7) is 0. The zero-order valence-corrected chi connectivity index (χ0v) is 14.7. The van der Waals surface area contributed by atoms with E-state index in [9.17, 15) is 13.2 Å². The molecule has 1 atom stereocenters. The topological polar surface area (TPSA) is 104 Å². The van der Waals surface area contributed by atoms with E-state index in [4.69, 9.17) is 0 Å². The summed E-state index contributed by atoms with van der Waals surface area (Å²) in [7, 11) is -2.08. The van der Waals surface area contributed by atoms with E-state index in [2.05, 4.69) is 20.2 Å². The van der Waals surface area contributed by atoms with Crippen molar-refractivity contribution < 1.29 is 13.2 Å². The van der Waals surface area contributed by atoms with Crippen LogP contribution in [0.5, 0.6) is 0 Å². The van der Waals surface area contributed by atoms with Crippen molar-refractivity contribution >= 4 is 21.7 Å². The molecule has 25 heavy (non-hydrogen) atoms. The minimum Gasteiger partial charge on any atom is -0.309 e. The number of aromatic amines is 1. The van der Waals surface area contributed by atoms with Gasteiger partial charge >= 0.3 is 0 Å². The van der Waals surface area contributed by atoms with Crippen molar-refractivity contribution in [3.05, 3.63) is 41.1 Å². The van der Waals surface area contributed by atoms with Crippen molar-refractivity contribution in [1.29, 1.82) is 0 Å². The number of fused-ring (bicyclic) bond motifs is 1. The second kappa shape index (κ2) is 5.96. The molecule has 3 N–H and O–H groups in total. The van der Waals surface area contributed by atoms with Gasteiger partial charge in [-0.1, -0.05) is 18.6 Å². The van der Waals surface area contributed by atoms with E-state index < -0.39 is 10.0 Å². The Morgan fingerprint density at radius 2 is 1.92 bits per heavy atom. The van der Waals surface area contributed by atoms with Crippen molar-refractivity contribution in [1.82, 2.24) is 14.9 Å². The number of nitrogens with one attached hydrogen (secondary N) is 3. The third kappa shape index (κ3) is 2.75. The first kappa shape index (κ1) is 16.3. The van der Waals surface area contributed by atoms with Crippen LogP contribution < -0.4 is 10.0 Å². The Hall–Kier alpha value is -2.19. The Labute approximate surface area is 146 Å². The first-order valence-corrected chi connectivity index (χ1v) is 9.89. The van der Waals surface area contributed by atoms with E-state index in [0.29, 0.717) is 18.2 Å². The number of H-pyrrole nitrogens is 1. The summed E-state index contributed by atoms with van der Waals surface area (Å²) in [5.41, 5.74) is 3.08. The number of hydrogen-bond donors (Lipinski definition) is 3. The van der Waals surface area contributed by atoms with Crippen LogP contribution in [0.1, 0.15) is 54.3 Å². The maximum absolute atomic E-state index is 12.1. The van der Waals surface area contributed by atoms with Crippen LogP contribution in [0, 0.1) is 0 Å². The lowest BCUT2D eigenvalue weighted by Crippen LogP contribution is -2.25. The number of rotatable bonds is 4. The van der Waals surface area contributed by atoms with Crippen LogP contribution in [0.3, 0.4) is 0 Å². The number of carbonyl (C=O) groups is 1. The van der Waals surface area contributed by atoms with Gasteiger partial charge in [0.1, 0.15) is 0 Å². The molecule has 1 amide bonds. The van der Waals surface area contributed by atoms with Gasteiger partial charge in [0.25, 0.3) is 0 Å². The smallest absolute Gasteiger partial charge is 0.240 e. The monoisotopic (exact) mass is 360 g/mol. The second-order valence-electron chi connectivity index (χ2n) is 6.61. The number of hydrogen-bond acceptors (Lipinski definition) is 4. The summed E-state index contributed by atoms with van der Waals surface area (Å²) < 4.78 is 26.1. The zero-order chi connectivity index (χ0) is 17.6. The van der Waals surface area contributed by atoms with E-state index >= 15 is 0 Å². The van der Waals surface area contributed by atoms with Crippen LogP contribution in [-0.4, -0.2) is 31.6 Å². The van der Waals surface area contributed by atoms with Crippen LogP contribution in [0.25, 0.3) is 0 Å². The van der Waals surface area contributed by atoms with Gasteiger partial charge in [0, 0.05) is 29.5 Å². The molecule has 2 heterocycles. The number of nitrogens with zero attached hydrogens (tertiary/aromatic N) is 1. The Balaban J connectivity index is 1.74. The van der Waals surface area contributed by atoms with Crippen LogP contribution in [-0.2, 0) is 14.8 Å². The molecule has 0 saturated heterocycles. The molecule has 7 nitrogen and oxygen atoms in total. The molecule has 8 heteroatoms. The maximum Gasteiger partial charge on any atom is 0.240 e. The number of aromatic nitrogens is 2.